The molecule has 1 N–H and O–H groups in total. The van der Waals surface area contributed by atoms with Crippen LogP contribution in [-0.4, -0.2) is 12.5 Å². The molecule has 2 nitrogen and oxygen atoms in total. The van der Waals surface area contributed by atoms with Crippen LogP contribution in [0.1, 0.15) is 20.8 Å². The van der Waals surface area contributed by atoms with Crippen LogP contribution in [0.3, 0.4) is 0 Å². The first kappa shape index (κ1) is 11.1. The van der Waals surface area contributed by atoms with Gasteiger partial charge < -0.3 is 5.32 Å². The van der Waals surface area contributed by atoms with Crippen molar-refractivity contribution < 1.29 is 4.79 Å². The van der Waals surface area contributed by atoms with E-state index in [1.807, 2.05) is 20.8 Å². The maximum Gasteiger partial charge on any atom is 0.207 e. The predicted molar refractivity (Wildman–Crippen MR) is 40.2 cm³/mol. The van der Waals surface area contributed by atoms with Gasteiger partial charge in [-0.1, -0.05) is 6.08 Å². The summed E-state index contributed by atoms with van der Waals surface area (Å²) in [6, 6.07) is 0.280. The molecule has 1 amide bonds. The van der Waals surface area contributed by atoms with E-state index >= 15 is 0 Å². The van der Waals surface area contributed by atoms with Crippen molar-refractivity contribution in [2.24, 2.45) is 0 Å². The van der Waals surface area contributed by atoms with Crippen LogP contribution in [0.25, 0.3) is 0 Å². The molecule has 0 unspecified atom stereocenters. The SMILES string of the molecule is C=CC.CC(C)NC=O. The average molecular weight is 129 g/mol. The van der Waals surface area contributed by atoms with E-state index in [9.17, 15) is 4.79 Å². The molecule has 0 aromatic rings. The van der Waals surface area contributed by atoms with Crippen molar-refractivity contribution in [2.75, 3.05) is 0 Å². The fourth-order valence-electron chi connectivity index (χ4n) is 0.136. The van der Waals surface area contributed by atoms with Crippen LogP contribution in [0.15, 0.2) is 12.7 Å². The number of carbonyl (C=O) groups excluding carboxylic acids is 1. The topological polar surface area (TPSA) is 29.1 Å². The van der Waals surface area contributed by atoms with Gasteiger partial charge in [-0.05, 0) is 20.8 Å². The minimum atomic E-state index is 0.280. The van der Waals surface area contributed by atoms with E-state index in [2.05, 4.69) is 11.9 Å². The number of hydrogen-bond acceptors (Lipinski definition) is 1. The molecule has 0 heterocycles. The molecule has 2 heteroatoms. The third kappa shape index (κ3) is 40.1. The van der Waals surface area contributed by atoms with Crippen molar-refractivity contribution in [3.8, 4) is 0 Å². The lowest BCUT2D eigenvalue weighted by atomic mass is 10.4. The maximum absolute atomic E-state index is 9.50. The Bertz CT molecular complexity index is 69.3. The molecule has 0 spiro atoms. The van der Waals surface area contributed by atoms with E-state index in [1.54, 1.807) is 6.08 Å². The van der Waals surface area contributed by atoms with Crippen LogP contribution in [0.2, 0.25) is 0 Å². The number of rotatable bonds is 2. The normalized spacial score (nSPS) is 7.11. The molecule has 54 valence electrons. The number of amides is 1. The van der Waals surface area contributed by atoms with Crippen LogP contribution < -0.4 is 5.32 Å². The molecule has 0 aliphatic heterocycles. The smallest absolute Gasteiger partial charge is 0.207 e. The Hall–Kier alpha value is -0.790. The standard InChI is InChI=1S/C4H9NO.C3H6/c1-4(2)5-3-6;1-3-2/h3-4H,1-2H3,(H,5,6);3H,1H2,2H3. The fraction of sp³-hybridized carbons (Fsp3) is 0.571. The van der Waals surface area contributed by atoms with Crippen LogP contribution in [0.5, 0.6) is 0 Å². The zero-order valence-corrected chi connectivity index (χ0v) is 6.35. The lowest BCUT2D eigenvalue weighted by Crippen LogP contribution is -2.19. The molecule has 0 aliphatic carbocycles. The Balaban J connectivity index is 0. The van der Waals surface area contributed by atoms with Crippen LogP contribution in [-0.2, 0) is 4.79 Å². The van der Waals surface area contributed by atoms with E-state index in [-0.39, 0.29) is 6.04 Å². The summed E-state index contributed by atoms with van der Waals surface area (Å²) < 4.78 is 0. The maximum atomic E-state index is 9.50. The highest BCUT2D eigenvalue weighted by atomic mass is 16.1. The van der Waals surface area contributed by atoms with Gasteiger partial charge >= 0.3 is 0 Å². The van der Waals surface area contributed by atoms with Gasteiger partial charge in [-0.2, -0.15) is 0 Å². The predicted octanol–water partition coefficient (Wildman–Crippen LogP) is 1.33. The van der Waals surface area contributed by atoms with Gasteiger partial charge in [-0.3, -0.25) is 4.79 Å². The molecule has 0 saturated heterocycles. The van der Waals surface area contributed by atoms with Gasteiger partial charge in [0.1, 0.15) is 0 Å². The zero-order valence-electron chi connectivity index (χ0n) is 6.35. The molecular formula is C7H15NO. The zero-order chi connectivity index (χ0) is 7.70. The minimum Gasteiger partial charge on any atom is -0.357 e. The third-order valence-corrected chi connectivity index (χ3v) is 0.401. The minimum absolute atomic E-state index is 0.280. The number of nitrogens with one attached hydrogen (secondary N) is 1. The Morgan fingerprint density at radius 2 is 1.89 bits per heavy atom. The van der Waals surface area contributed by atoms with Crippen molar-refractivity contribution in [1.29, 1.82) is 0 Å². The number of hydrogen-bond donors (Lipinski definition) is 1. The van der Waals surface area contributed by atoms with Crippen LogP contribution >= 0.6 is 0 Å². The van der Waals surface area contributed by atoms with Crippen molar-refractivity contribution in [1.82, 2.24) is 5.32 Å². The molecule has 0 fully saturated rings. The fourth-order valence-corrected chi connectivity index (χ4v) is 0.136. The summed E-state index contributed by atoms with van der Waals surface area (Å²) in [4.78, 5) is 9.50. The highest BCUT2D eigenvalue weighted by Gasteiger charge is 1.81. The number of allylic oxidation sites excluding steroid dienone is 1. The molecular weight excluding hydrogens is 114 g/mol. The molecule has 0 aromatic heterocycles. The average Bonchev–Trinajstić information content (AvgIpc) is 1.67. The second-order valence-electron chi connectivity index (χ2n) is 1.85. The Morgan fingerprint density at radius 1 is 1.56 bits per heavy atom. The van der Waals surface area contributed by atoms with Crippen LogP contribution in [0, 0.1) is 0 Å². The monoisotopic (exact) mass is 129 g/mol. The van der Waals surface area contributed by atoms with E-state index < -0.39 is 0 Å². The van der Waals surface area contributed by atoms with Gasteiger partial charge in [-0.25, -0.2) is 0 Å². The highest BCUT2D eigenvalue weighted by Crippen LogP contribution is 1.67. The van der Waals surface area contributed by atoms with Gasteiger partial charge in [0.2, 0.25) is 6.41 Å². The third-order valence-electron chi connectivity index (χ3n) is 0.401. The molecule has 0 aliphatic rings. The number of carbonyl (C=O) groups is 1. The van der Waals surface area contributed by atoms with Gasteiger partial charge in [0.05, 0.1) is 0 Å². The Kier molecular flexibility index (Phi) is 12.6. The second kappa shape index (κ2) is 10.2. The van der Waals surface area contributed by atoms with Crippen molar-refractivity contribution in [2.45, 2.75) is 26.8 Å². The lowest BCUT2D eigenvalue weighted by molar-refractivity contribution is -0.109. The van der Waals surface area contributed by atoms with Crippen molar-refractivity contribution >= 4 is 6.41 Å². The van der Waals surface area contributed by atoms with Crippen molar-refractivity contribution in [3.63, 3.8) is 0 Å². The van der Waals surface area contributed by atoms with Gasteiger partial charge in [0.15, 0.2) is 0 Å². The summed E-state index contributed by atoms with van der Waals surface area (Å²) >= 11 is 0. The van der Waals surface area contributed by atoms with Gasteiger partial charge in [-0.15, -0.1) is 6.58 Å². The summed E-state index contributed by atoms with van der Waals surface area (Å²) in [5.74, 6) is 0. The Labute approximate surface area is 57.0 Å². The largest absolute Gasteiger partial charge is 0.357 e. The highest BCUT2D eigenvalue weighted by molar-refractivity contribution is 5.46. The van der Waals surface area contributed by atoms with E-state index in [0.29, 0.717) is 6.41 Å². The molecule has 0 saturated carbocycles. The molecule has 0 rings (SSSR count). The molecule has 0 atom stereocenters. The molecule has 9 heavy (non-hydrogen) atoms. The Morgan fingerprint density at radius 3 is 1.89 bits per heavy atom. The quantitative estimate of drug-likeness (QED) is 0.442. The van der Waals surface area contributed by atoms with Gasteiger partial charge in [0, 0.05) is 6.04 Å². The van der Waals surface area contributed by atoms with E-state index in [1.165, 1.54) is 0 Å². The van der Waals surface area contributed by atoms with Gasteiger partial charge in [0.25, 0.3) is 0 Å². The first-order valence-electron chi connectivity index (χ1n) is 2.95. The van der Waals surface area contributed by atoms with E-state index in [4.69, 9.17) is 0 Å². The molecule has 0 aromatic carbocycles. The first-order valence-corrected chi connectivity index (χ1v) is 2.95. The summed E-state index contributed by atoms with van der Waals surface area (Å²) in [5.41, 5.74) is 0. The first-order chi connectivity index (χ1) is 4.18. The second-order valence-corrected chi connectivity index (χ2v) is 1.85. The van der Waals surface area contributed by atoms with Crippen molar-refractivity contribution in [3.05, 3.63) is 12.7 Å². The lowest BCUT2D eigenvalue weighted by Gasteiger charge is -1.96. The molecule has 0 radical (unpaired) electrons. The summed E-state index contributed by atoms with van der Waals surface area (Å²) in [7, 11) is 0. The summed E-state index contributed by atoms with van der Waals surface area (Å²) in [6.07, 6.45) is 2.45. The van der Waals surface area contributed by atoms with E-state index in [0.717, 1.165) is 0 Å². The molecule has 0 bridgehead atoms. The van der Waals surface area contributed by atoms with Crippen LogP contribution in [0.4, 0.5) is 0 Å². The summed E-state index contributed by atoms with van der Waals surface area (Å²) in [5, 5.41) is 2.53. The summed E-state index contributed by atoms with van der Waals surface area (Å²) in [6.45, 7) is 9.07.